The fraction of sp³-hybridized carbons (Fsp3) is 0.483. The van der Waals surface area contributed by atoms with Crippen LogP contribution >= 0.6 is 0 Å². The van der Waals surface area contributed by atoms with E-state index in [1.807, 2.05) is 31.2 Å². The fourth-order valence-corrected chi connectivity index (χ4v) is 6.64. The molecule has 7 atom stereocenters. The molecule has 1 N–H and O–H groups in total. The minimum absolute atomic E-state index is 0.0679. The molecule has 1 aromatic heterocycles. The predicted octanol–water partition coefficient (Wildman–Crippen LogP) is 5.63. The second-order valence-electron chi connectivity index (χ2n) is 10.3. The SMILES string of the molecule is CCOC(=O)NC1CCC2C(C1)CC1C(=O)OC(C)C1C2C=Cc1ccc(-c2cccc(F)c2)cn1. The van der Waals surface area contributed by atoms with Gasteiger partial charge in [-0.3, -0.25) is 9.78 Å². The van der Waals surface area contributed by atoms with Crippen molar-refractivity contribution in [3.63, 3.8) is 0 Å². The molecule has 0 bridgehead atoms. The number of allylic oxidation sites excluding steroid dienone is 1. The van der Waals surface area contributed by atoms with E-state index < -0.39 is 0 Å². The van der Waals surface area contributed by atoms with Crippen LogP contribution in [0.2, 0.25) is 0 Å². The third-order valence-corrected chi connectivity index (χ3v) is 8.18. The largest absolute Gasteiger partial charge is 0.462 e. The number of aromatic nitrogens is 1. The maximum atomic E-state index is 13.6. The van der Waals surface area contributed by atoms with Crippen LogP contribution in [0.25, 0.3) is 17.2 Å². The second-order valence-corrected chi connectivity index (χ2v) is 10.3. The summed E-state index contributed by atoms with van der Waals surface area (Å²) in [5, 5.41) is 3.00. The van der Waals surface area contributed by atoms with Gasteiger partial charge >= 0.3 is 12.1 Å². The van der Waals surface area contributed by atoms with Crippen molar-refractivity contribution in [2.75, 3.05) is 6.61 Å². The number of esters is 1. The lowest BCUT2D eigenvalue weighted by molar-refractivity contribution is -0.144. The Morgan fingerprint density at radius 2 is 2.08 bits per heavy atom. The van der Waals surface area contributed by atoms with E-state index in [1.165, 1.54) is 12.1 Å². The maximum absolute atomic E-state index is 13.6. The molecule has 2 saturated carbocycles. The first-order valence-electron chi connectivity index (χ1n) is 13.0. The number of ether oxygens (including phenoxy) is 2. The Balaban J connectivity index is 1.34. The number of carbonyl (C=O) groups excluding carboxylic acids is 2. The number of alkyl carbamates (subject to hydrolysis) is 1. The Morgan fingerprint density at radius 3 is 2.83 bits per heavy atom. The molecular formula is C29H33FN2O4. The van der Waals surface area contributed by atoms with Gasteiger partial charge in [0.2, 0.25) is 0 Å². The van der Waals surface area contributed by atoms with E-state index in [4.69, 9.17) is 9.47 Å². The van der Waals surface area contributed by atoms with E-state index in [0.717, 1.165) is 42.5 Å². The summed E-state index contributed by atoms with van der Waals surface area (Å²) in [6, 6.07) is 10.4. The van der Waals surface area contributed by atoms with Crippen molar-refractivity contribution in [3.05, 3.63) is 60.2 Å². The quantitative estimate of drug-likeness (QED) is 0.548. The summed E-state index contributed by atoms with van der Waals surface area (Å²) >= 11 is 0. The number of amides is 1. The number of benzene rings is 1. The highest BCUT2D eigenvalue weighted by molar-refractivity contribution is 5.75. The lowest BCUT2D eigenvalue weighted by atomic mass is 9.57. The molecule has 7 unspecified atom stereocenters. The van der Waals surface area contributed by atoms with Crippen LogP contribution in [0.5, 0.6) is 0 Å². The molecule has 7 heteroatoms. The Kier molecular flexibility index (Phi) is 7.08. The first kappa shape index (κ1) is 24.5. The first-order valence-corrected chi connectivity index (χ1v) is 13.0. The predicted molar refractivity (Wildman–Crippen MR) is 134 cm³/mol. The van der Waals surface area contributed by atoms with Gasteiger partial charge in [0.25, 0.3) is 0 Å². The number of carbonyl (C=O) groups is 2. The Morgan fingerprint density at radius 1 is 1.22 bits per heavy atom. The number of hydrogen-bond donors (Lipinski definition) is 1. The summed E-state index contributed by atoms with van der Waals surface area (Å²) in [5.41, 5.74) is 2.48. The van der Waals surface area contributed by atoms with Crippen LogP contribution in [-0.2, 0) is 14.3 Å². The molecule has 36 heavy (non-hydrogen) atoms. The van der Waals surface area contributed by atoms with Gasteiger partial charge in [-0.1, -0.05) is 24.3 Å². The molecular weight excluding hydrogens is 459 g/mol. The smallest absolute Gasteiger partial charge is 0.407 e. The number of pyridine rings is 1. The van der Waals surface area contributed by atoms with Gasteiger partial charge in [-0.2, -0.15) is 0 Å². The van der Waals surface area contributed by atoms with Crippen LogP contribution in [0.4, 0.5) is 9.18 Å². The number of nitrogens with one attached hydrogen (secondary N) is 1. The minimum Gasteiger partial charge on any atom is -0.462 e. The Labute approximate surface area is 211 Å². The summed E-state index contributed by atoms with van der Waals surface area (Å²) in [5.74, 6) is 0.629. The number of hydrogen-bond acceptors (Lipinski definition) is 5. The molecule has 1 aromatic carbocycles. The lowest BCUT2D eigenvalue weighted by Gasteiger charge is -2.47. The van der Waals surface area contributed by atoms with Crippen molar-refractivity contribution in [1.82, 2.24) is 10.3 Å². The number of halogens is 1. The van der Waals surface area contributed by atoms with Crippen LogP contribution in [0.3, 0.4) is 0 Å². The fourth-order valence-electron chi connectivity index (χ4n) is 6.64. The van der Waals surface area contributed by atoms with Crippen LogP contribution in [0.15, 0.2) is 48.7 Å². The van der Waals surface area contributed by atoms with Gasteiger partial charge in [-0.05, 0) is 87.1 Å². The molecule has 2 aromatic rings. The molecule has 3 fully saturated rings. The van der Waals surface area contributed by atoms with Gasteiger partial charge in [-0.15, -0.1) is 0 Å². The van der Waals surface area contributed by atoms with E-state index in [2.05, 4.69) is 16.4 Å². The number of nitrogens with zero attached hydrogens (tertiary/aromatic N) is 1. The van der Waals surface area contributed by atoms with E-state index in [-0.39, 0.29) is 47.8 Å². The van der Waals surface area contributed by atoms with Crippen LogP contribution in [0, 0.1) is 35.4 Å². The highest BCUT2D eigenvalue weighted by Gasteiger charge is 2.54. The van der Waals surface area contributed by atoms with Crippen LogP contribution in [0.1, 0.15) is 45.2 Å². The van der Waals surface area contributed by atoms with Crippen molar-refractivity contribution >= 4 is 18.1 Å². The van der Waals surface area contributed by atoms with E-state index in [9.17, 15) is 14.0 Å². The van der Waals surface area contributed by atoms with Crippen molar-refractivity contribution in [1.29, 1.82) is 0 Å². The summed E-state index contributed by atoms with van der Waals surface area (Å²) in [6.07, 6.45) is 9.07. The average Bonchev–Trinajstić information content (AvgIpc) is 3.15. The average molecular weight is 493 g/mol. The summed E-state index contributed by atoms with van der Waals surface area (Å²) in [6.45, 7) is 4.15. The molecule has 0 spiro atoms. The highest BCUT2D eigenvalue weighted by atomic mass is 19.1. The molecule has 2 aliphatic carbocycles. The standard InChI is InChI=1S/C29H33FN2O4/c1-3-35-29(34)32-23-10-11-24-20(14-23)15-26-27(17(2)36-28(26)33)25(24)12-9-22-8-7-19(16-31-22)18-5-4-6-21(30)13-18/h4-9,12-13,16-17,20,23-27H,3,10-11,14-15H2,1-2H3,(H,32,34). The van der Waals surface area contributed by atoms with Gasteiger partial charge in [0.05, 0.1) is 18.2 Å². The molecule has 1 saturated heterocycles. The number of cyclic esters (lactones) is 1. The minimum atomic E-state index is -0.368. The van der Waals surface area contributed by atoms with Gasteiger partial charge in [-0.25, -0.2) is 9.18 Å². The normalized spacial score (nSPS) is 31.4. The third kappa shape index (κ3) is 5.01. The van der Waals surface area contributed by atoms with Gasteiger partial charge in [0.1, 0.15) is 11.9 Å². The Bertz CT molecular complexity index is 1130. The van der Waals surface area contributed by atoms with Crippen molar-refractivity contribution in [2.45, 2.75) is 51.7 Å². The molecule has 2 heterocycles. The van der Waals surface area contributed by atoms with Crippen molar-refractivity contribution in [2.24, 2.45) is 29.6 Å². The monoisotopic (exact) mass is 492 g/mol. The third-order valence-electron chi connectivity index (χ3n) is 8.18. The maximum Gasteiger partial charge on any atom is 0.407 e. The molecule has 1 amide bonds. The first-order chi connectivity index (χ1) is 17.4. The highest BCUT2D eigenvalue weighted by Crippen LogP contribution is 2.53. The summed E-state index contributed by atoms with van der Waals surface area (Å²) < 4.78 is 24.3. The number of rotatable bonds is 5. The van der Waals surface area contributed by atoms with Crippen LogP contribution in [-0.4, -0.2) is 35.8 Å². The molecule has 0 radical (unpaired) electrons. The van der Waals surface area contributed by atoms with Crippen molar-refractivity contribution in [3.8, 4) is 11.1 Å². The zero-order valence-corrected chi connectivity index (χ0v) is 20.7. The van der Waals surface area contributed by atoms with E-state index in [0.29, 0.717) is 18.4 Å². The molecule has 1 aliphatic heterocycles. The molecule has 3 aliphatic rings. The summed E-state index contributed by atoms with van der Waals surface area (Å²) in [4.78, 5) is 29.2. The zero-order valence-electron chi connectivity index (χ0n) is 20.7. The van der Waals surface area contributed by atoms with Gasteiger partial charge in [0, 0.05) is 23.7 Å². The van der Waals surface area contributed by atoms with Crippen LogP contribution < -0.4 is 5.32 Å². The summed E-state index contributed by atoms with van der Waals surface area (Å²) in [7, 11) is 0. The Hall–Kier alpha value is -3.22. The number of fused-ring (bicyclic) bond motifs is 2. The van der Waals surface area contributed by atoms with Gasteiger partial charge in [0.15, 0.2) is 0 Å². The van der Waals surface area contributed by atoms with E-state index in [1.54, 1.807) is 19.2 Å². The zero-order chi connectivity index (χ0) is 25.2. The molecule has 6 nitrogen and oxygen atoms in total. The molecule has 5 rings (SSSR count). The second kappa shape index (κ2) is 10.4. The lowest BCUT2D eigenvalue weighted by Crippen LogP contribution is -2.48. The molecule has 190 valence electrons. The van der Waals surface area contributed by atoms with Crippen molar-refractivity contribution < 1.29 is 23.5 Å². The van der Waals surface area contributed by atoms with Gasteiger partial charge < -0.3 is 14.8 Å². The van der Waals surface area contributed by atoms with E-state index >= 15 is 0 Å². The topological polar surface area (TPSA) is 77.5 Å².